The summed E-state index contributed by atoms with van der Waals surface area (Å²) in [4.78, 5) is 24.1. The van der Waals surface area contributed by atoms with E-state index in [9.17, 15) is 22.8 Å². The van der Waals surface area contributed by atoms with Crippen molar-refractivity contribution >= 4 is 17.5 Å². The highest BCUT2D eigenvalue weighted by molar-refractivity contribution is 6.05. The van der Waals surface area contributed by atoms with Crippen LogP contribution in [0.4, 0.5) is 18.9 Å². The lowest BCUT2D eigenvalue weighted by Gasteiger charge is -2.20. The Hall–Kier alpha value is -2.83. The highest BCUT2D eigenvalue weighted by Crippen LogP contribution is 2.20. The average molecular weight is 350 g/mol. The molecule has 0 saturated heterocycles. The van der Waals surface area contributed by atoms with Crippen molar-refractivity contribution in [2.75, 3.05) is 5.32 Å². The summed E-state index contributed by atoms with van der Waals surface area (Å²) in [5.74, 6) is -5.50. The molecule has 7 heteroatoms. The lowest BCUT2D eigenvalue weighted by atomic mass is 10.1. The van der Waals surface area contributed by atoms with Crippen molar-refractivity contribution in [1.29, 1.82) is 0 Å². The molecule has 2 aromatic rings. The van der Waals surface area contributed by atoms with Crippen LogP contribution in [0.5, 0.6) is 0 Å². The van der Waals surface area contributed by atoms with Crippen LogP contribution in [0.15, 0.2) is 36.4 Å². The number of amides is 2. The smallest absolute Gasteiger partial charge is 0.255 e. The zero-order chi connectivity index (χ0) is 18.8. The molecule has 0 saturated carbocycles. The van der Waals surface area contributed by atoms with E-state index in [2.05, 4.69) is 10.6 Å². The van der Waals surface area contributed by atoms with Crippen molar-refractivity contribution in [2.24, 2.45) is 0 Å². The van der Waals surface area contributed by atoms with Gasteiger partial charge in [-0.2, -0.15) is 0 Å². The quantitative estimate of drug-likeness (QED) is 0.825. The van der Waals surface area contributed by atoms with Crippen LogP contribution in [0, 0.1) is 17.5 Å². The van der Waals surface area contributed by atoms with Crippen molar-refractivity contribution < 1.29 is 22.8 Å². The second kappa shape index (κ2) is 6.96. The molecule has 0 aromatic heterocycles. The molecule has 0 radical (unpaired) electrons. The largest absolute Gasteiger partial charge is 0.347 e. The van der Waals surface area contributed by atoms with E-state index in [-0.39, 0.29) is 11.5 Å². The fourth-order valence-electron chi connectivity index (χ4n) is 2.00. The van der Waals surface area contributed by atoms with Gasteiger partial charge in [-0.05, 0) is 57.2 Å². The first-order valence-electron chi connectivity index (χ1n) is 7.46. The molecule has 2 rings (SSSR count). The molecule has 0 fully saturated rings. The molecule has 0 aliphatic rings. The lowest BCUT2D eigenvalue weighted by Crippen LogP contribution is -2.40. The third-order valence-electron chi connectivity index (χ3n) is 3.18. The maximum absolute atomic E-state index is 13.6. The van der Waals surface area contributed by atoms with Crippen molar-refractivity contribution in [3.05, 3.63) is 65.0 Å². The lowest BCUT2D eigenvalue weighted by molar-refractivity contribution is 0.0918. The Morgan fingerprint density at radius 1 is 0.800 bits per heavy atom. The van der Waals surface area contributed by atoms with Gasteiger partial charge in [0.25, 0.3) is 11.8 Å². The molecule has 2 aromatic carbocycles. The van der Waals surface area contributed by atoms with Crippen LogP contribution in [0.1, 0.15) is 41.5 Å². The van der Waals surface area contributed by atoms with Crippen LogP contribution in [0.3, 0.4) is 0 Å². The molecule has 132 valence electrons. The van der Waals surface area contributed by atoms with Gasteiger partial charge in [-0.15, -0.1) is 0 Å². The number of rotatable bonds is 3. The van der Waals surface area contributed by atoms with E-state index in [1.54, 1.807) is 0 Å². The third-order valence-corrected chi connectivity index (χ3v) is 3.18. The first-order valence-corrected chi connectivity index (χ1v) is 7.46. The maximum atomic E-state index is 13.6. The van der Waals surface area contributed by atoms with Crippen LogP contribution in [0.25, 0.3) is 0 Å². The zero-order valence-electron chi connectivity index (χ0n) is 13.9. The van der Waals surface area contributed by atoms with Crippen molar-refractivity contribution in [1.82, 2.24) is 5.32 Å². The minimum atomic E-state index is -1.66. The first-order chi connectivity index (χ1) is 11.6. The average Bonchev–Trinajstić information content (AvgIpc) is 2.54. The third kappa shape index (κ3) is 4.59. The summed E-state index contributed by atoms with van der Waals surface area (Å²) in [5.41, 5.74) is -0.391. The Morgan fingerprint density at radius 2 is 1.32 bits per heavy atom. The Bertz CT molecular complexity index is 812. The van der Waals surface area contributed by atoms with Crippen LogP contribution in [-0.4, -0.2) is 17.4 Å². The van der Waals surface area contributed by atoms with Gasteiger partial charge in [0.05, 0.1) is 5.69 Å². The molecule has 0 heterocycles. The van der Waals surface area contributed by atoms with Crippen molar-refractivity contribution in [2.45, 2.75) is 26.3 Å². The highest BCUT2D eigenvalue weighted by atomic mass is 19.2. The molecule has 25 heavy (non-hydrogen) atoms. The predicted molar refractivity (Wildman–Crippen MR) is 87.9 cm³/mol. The number of hydrogen-bond donors (Lipinski definition) is 2. The summed E-state index contributed by atoms with van der Waals surface area (Å²) in [6.45, 7) is 5.51. The number of carbonyl (C=O) groups excluding carboxylic acids is 2. The van der Waals surface area contributed by atoms with Crippen molar-refractivity contribution in [3.8, 4) is 0 Å². The van der Waals surface area contributed by atoms with Crippen LogP contribution < -0.4 is 10.6 Å². The van der Waals surface area contributed by atoms with E-state index in [0.29, 0.717) is 11.6 Å². The van der Waals surface area contributed by atoms with E-state index in [1.165, 1.54) is 24.3 Å². The molecule has 0 bridgehead atoms. The zero-order valence-corrected chi connectivity index (χ0v) is 13.9. The first kappa shape index (κ1) is 18.5. The fourth-order valence-corrected chi connectivity index (χ4v) is 2.00. The predicted octanol–water partition coefficient (Wildman–Crippen LogP) is 3.88. The normalized spacial score (nSPS) is 11.1. The number of hydrogen-bond acceptors (Lipinski definition) is 2. The fraction of sp³-hybridized carbons (Fsp3) is 0.222. The summed E-state index contributed by atoms with van der Waals surface area (Å²) in [6.07, 6.45) is 0. The highest BCUT2D eigenvalue weighted by Gasteiger charge is 2.18. The second-order valence-electron chi connectivity index (χ2n) is 6.46. The van der Waals surface area contributed by atoms with E-state index in [0.717, 1.165) is 6.07 Å². The summed E-state index contributed by atoms with van der Waals surface area (Å²) >= 11 is 0. The van der Waals surface area contributed by atoms with Crippen LogP contribution >= 0.6 is 0 Å². The molecule has 0 aliphatic carbocycles. The summed E-state index contributed by atoms with van der Waals surface area (Å²) in [7, 11) is 0. The molecule has 2 amide bonds. The van der Waals surface area contributed by atoms with Gasteiger partial charge >= 0.3 is 0 Å². The van der Waals surface area contributed by atoms with Gasteiger partial charge in [0, 0.05) is 16.7 Å². The summed E-state index contributed by atoms with van der Waals surface area (Å²) in [5, 5.41) is 4.94. The molecule has 2 N–H and O–H groups in total. The summed E-state index contributed by atoms with van der Waals surface area (Å²) < 4.78 is 39.7. The van der Waals surface area contributed by atoms with E-state index in [1.807, 2.05) is 20.8 Å². The number of anilines is 1. The van der Waals surface area contributed by atoms with Crippen LogP contribution in [-0.2, 0) is 0 Å². The molecule has 4 nitrogen and oxygen atoms in total. The number of carbonyl (C=O) groups is 2. The van der Waals surface area contributed by atoms with Gasteiger partial charge in [0.1, 0.15) is 0 Å². The number of benzene rings is 2. The van der Waals surface area contributed by atoms with Crippen LogP contribution in [0.2, 0.25) is 0 Å². The molecule has 0 atom stereocenters. The Labute approximate surface area is 143 Å². The van der Waals surface area contributed by atoms with E-state index in [4.69, 9.17) is 0 Å². The molecular formula is C18H17F3N2O2. The maximum Gasteiger partial charge on any atom is 0.255 e. The summed E-state index contributed by atoms with van der Waals surface area (Å²) in [6, 6.07) is 7.29. The molecular weight excluding hydrogens is 333 g/mol. The van der Waals surface area contributed by atoms with E-state index < -0.39 is 34.6 Å². The van der Waals surface area contributed by atoms with Gasteiger partial charge in [0.15, 0.2) is 17.5 Å². The monoisotopic (exact) mass is 350 g/mol. The molecule has 0 spiro atoms. The second-order valence-corrected chi connectivity index (χ2v) is 6.46. The van der Waals surface area contributed by atoms with Crippen molar-refractivity contribution in [3.63, 3.8) is 0 Å². The topological polar surface area (TPSA) is 58.2 Å². The van der Waals surface area contributed by atoms with Gasteiger partial charge in [-0.1, -0.05) is 0 Å². The molecule has 0 unspecified atom stereocenters. The minimum absolute atomic E-state index is 0.136. The van der Waals surface area contributed by atoms with Gasteiger partial charge < -0.3 is 10.6 Å². The minimum Gasteiger partial charge on any atom is -0.347 e. The van der Waals surface area contributed by atoms with Gasteiger partial charge in [-0.25, -0.2) is 13.2 Å². The SMILES string of the molecule is CC(C)(C)NC(=O)c1ccc(C(=O)Nc2ccc(F)c(F)c2F)cc1. The Kier molecular flexibility index (Phi) is 5.15. The molecule has 0 aliphatic heterocycles. The number of nitrogens with one attached hydrogen (secondary N) is 2. The number of halogens is 3. The standard InChI is InChI=1S/C18H17F3N2O2/c1-18(2,3)23-17(25)11-6-4-10(5-7-11)16(24)22-13-9-8-12(19)14(20)15(13)21/h4-9H,1-3H3,(H,22,24)(H,23,25). The van der Waals surface area contributed by atoms with Gasteiger partial charge in [0.2, 0.25) is 0 Å². The van der Waals surface area contributed by atoms with E-state index >= 15 is 0 Å². The van der Waals surface area contributed by atoms with Gasteiger partial charge in [-0.3, -0.25) is 9.59 Å². The Morgan fingerprint density at radius 3 is 1.84 bits per heavy atom. The Balaban J connectivity index is 2.13.